The Kier molecular flexibility index (Phi) is 3.48. The Hall–Kier alpha value is -1.08. The monoisotopic (exact) mass is 190 g/mol. The Labute approximate surface area is 87.3 Å². The Bertz CT molecular complexity index is 313. The first kappa shape index (κ1) is 11.0. The SMILES string of the molecule is C=Cc1ccccc1C[N+](C)(C)CC. The largest absolute Gasteiger partial charge is 0.325 e. The molecule has 0 amide bonds. The van der Waals surface area contributed by atoms with Crippen molar-refractivity contribution in [2.75, 3.05) is 20.6 Å². The molecule has 0 saturated carbocycles. The van der Waals surface area contributed by atoms with E-state index in [0.29, 0.717) is 0 Å². The smallest absolute Gasteiger partial charge is 0.105 e. The van der Waals surface area contributed by atoms with Crippen molar-refractivity contribution >= 4 is 6.08 Å². The molecule has 0 N–H and O–H groups in total. The van der Waals surface area contributed by atoms with Crippen molar-refractivity contribution in [2.24, 2.45) is 0 Å². The fourth-order valence-corrected chi connectivity index (χ4v) is 1.45. The van der Waals surface area contributed by atoms with E-state index in [0.717, 1.165) is 17.6 Å². The highest BCUT2D eigenvalue weighted by atomic mass is 15.3. The predicted octanol–water partition coefficient (Wildman–Crippen LogP) is 2.93. The van der Waals surface area contributed by atoms with E-state index in [1.807, 2.05) is 6.08 Å². The van der Waals surface area contributed by atoms with Gasteiger partial charge >= 0.3 is 0 Å². The van der Waals surface area contributed by atoms with Gasteiger partial charge in [0.05, 0.1) is 20.6 Å². The molecule has 1 nitrogen and oxygen atoms in total. The molecule has 0 aliphatic carbocycles. The van der Waals surface area contributed by atoms with Gasteiger partial charge in [0.2, 0.25) is 0 Å². The van der Waals surface area contributed by atoms with Gasteiger partial charge in [-0.3, -0.25) is 0 Å². The highest BCUT2D eigenvalue weighted by Gasteiger charge is 2.13. The van der Waals surface area contributed by atoms with Gasteiger partial charge in [0, 0.05) is 5.56 Å². The summed E-state index contributed by atoms with van der Waals surface area (Å²) in [5.74, 6) is 0. The standard InChI is InChI=1S/C13H20N/c1-5-12-9-7-8-10-13(12)11-14(3,4)6-2/h5,7-10H,1,6,11H2,2-4H3/q+1. The van der Waals surface area contributed by atoms with E-state index in [1.54, 1.807) is 0 Å². The topological polar surface area (TPSA) is 0 Å². The molecule has 1 aromatic carbocycles. The number of nitrogens with zero attached hydrogens (tertiary/aromatic N) is 1. The van der Waals surface area contributed by atoms with Gasteiger partial charge < -0.3 is 4.48 Å². The average molecular weight is 190 g/mol. The first-order valence-electron chi connectivity index (χ1n) is 5.11. The van der Waals surface area contributed by atoms with Crippen LogP contribution in [0.5, 0.6) is 0 Å². The first-order chi connectivity index (χ1) is 6.59. The molecule has 14 heavy (non-hydrogen) atoms. The third-order valence-electron chi connectivity index (χ3n) is 2.73. The highest BCUT2D eigenvalue weighted by Crippen LogP contribution is 2.14. The maximum Gasteiger partial charge on any atom is 0.105 e. The van der Waals surface area contributed by atoms with Crippen LogP contribution >= 0.6 is 0 Å². The van der Waals surface area contributed by atoms with Crippen LogP contribution < -0.4 is 0 Å². The van der Waals surface area contributed by atoms with Crippen LogP contribution in [-0.2, 0) is 6.54 Å². The van der Waals surface area contributed by atoms with Crippen LogP contribution in [-0.4, -0.2) is 25.1 Å². The normalized spacial score (nSPS) is 11.4. The van der Waals surface area contributed by atoms with Crippen molar-refractivity contribution in [3.63, 3.8) is 0 Å². The lowest BCUT2D eigenvalue weighted by Gasteiger charge is -2.28. The summed E-state index contributed by atoms with van der Waals surface area (Å²) in [5.41, 5.74) is 2.64. The number of hydrogen-bond acceptors (Lipinski definition) is 0. The first-order valence-corrected chi connectivity index (χ1v) is 5.11. The van der Waals surface area contributed by atoms with Gasteiger partial charge in [-0.25, -0.2) is 0 Å². The quantitative estimate of drug-likeness (QED) is 0.640. The van der Waals surface area contributed by atoms with Crippen molar-refractivity contribution in [3.05, 3.63) is 42.0 Å². The van der Waals surface area contributed by atoms with Gasteiger partial charge in [-0.05, 0) is 12.5 Å². The van der Waals surface area contributed by atoms with Gasteiger partial charge in [0.25, 0.3) is 0 Å². The van der Waals surface area contributed by atoms with Crippen molar-refractivity contribution in [2.45, 2.75) is 13.5 Å². The molecule has 1 aromatic rings. The van der Waals surface area contributed by atoms with Crippen molar-refractivity contribution in [1.82, 2.24) is 0 Å². The summed E-state index contributed by atoms with van der Waals surface area (Å²) in [4.78, 5) is 0. The lowest BCUT2D eigenvalue weighted by Crippen LogP contribution is -2.38. The van der Waals surface area contributed by atoms with Gasteiger partial charge in [-0.2, -0.15) is 0 Å². The molecule has 1 rings (SSSR count). The van der Waals surface area contributed by atoms with E-state index in [2.05, 4.69) is 51.9 Å². The molecule has 0 aromatic heterocycles. The third-order valence-corrected chi connectivity index (χ3v) is 2.73. The predicted molar refractivity (Wildman–Crippen MR) is 62.9 cm³/mol. The summed E-state index contributed by atoms with van der Waals surface area (Å²) in [6.45, 7) is 8.27. The minimum Gasteiger partial charge on any atom is -0.325 e. The van der Waals surface area contributed by atoms with Crippen LogP contribution in [0.25, 0.3) is 6.08 Å². The molecule has 0 spiro atoms. The molecular weight excluding hydrogens is 170 g/mol. The lowest BCUT2D eigenvalue weighted by molar-refractivity contribution is -0.901. The summed E-state index contributed by atoms with van der Waals surface area (Å²) < 4.78 is 1.02. The molecule has 0 fully saturated rings. The molecule has 0 aliphatic rings. The van der Waals surface area contributed by atoms with Crippen LogP contribution in [0.2, 0.25) is 0 Å². The number of hydrogen-bond donors (Lipinski definition) is 0. The zero-order valence-electron chi connectivity index (χ0n) is 9.46. The fraction of sp³-hybridized carbons (Fsp3) is 0.385. The zero-order chi connectivity index (χ0) is 10.6. The third kappa shape index (κ3) is 2.71. The molecule has 0 atom stereocenters. The van der Waals surface area contributed by atoms with E-state index in [1.165, 1.54) is 11.1 Å². The molecule has 0 bridgehead atoms. The maximum absolute atomic E-state index is 3.84. The second-order valence-corrected chi connectivity index (χ2v) is 4.31. The van der Waals surface area contributed by atoms with Crippen molar-refractivity contribution in [1.29, 1.82) is 0 Å². The maximum atomic E-state index is 3.84. The van der Waals surface area contributed by atoms with Gasteiger partial charge in [-0.1, -0.05) is 36.9 Å². The second-order valence-electron chi connectivity index (χ2n) is 4.31. The lowest BCUT2D eigenvalue weighted by atomic mass is 10.1. The Morgan fingerprint density at radius 2 is 1.93 bits per heavy atom. The minimum absolute atomic E-state index is 1.02. The van der Waals surface area contributed by atoms with Crippen molar-refractivity contribution in [3.8, 4) is 0 Å². The van der Waals surface area contributed by atoms with Crippen LogP contribution in [0.3, 0.4) is 0 Å². The van der Waals surface area contributed by atoms with Crippen molar-refractivity contribution < 1.29 is 4.48 Å². The Balaban J connectivity index is 2.91. The Morgan fingerprint density at radius 1 is 1.29 bits per heavy atom. The molecule has 0 unspecified atom stereocenters. The fourth-order valence-electron chi connectivity index (χ4n) is 1.45. The average Bonchev–Trinajstić information content (AvgIpc) is 2.18. The number of quaternary nitrogens is 1. The molecular formula is C13H20N+. The molecule has 0 heterocycles. The summed E-state index contributed by atoms with van der Waals surface area (Å²) in [5, 5.41) is 0. The van der Waals surface area contributed by atoms with E-state index in [4.69, 9.17) is 0 Å². The second kappa shape index (κ2) is 4.43. The molecule has 76 valence electrons. The molecule has 0 radical (unpaired) electrons. The number of rotatable bonds is 4. The minimum atomic E-state index is 1.02. The zero-order valence-corrected chi connectivity index (χ0v) is 9.46. The van der Waals surface area contributed by atoms with Crippen LogP contribution in [0, 0.1) is 0 Å². The summed E-state index contributed by atoms with van der Waals surface area (Å²) >= 11 is 0. The van der Waals surface area contributed by atoms with Gasteiger partial charge in [0.1, 0.15) is 6.54 Å². The summed E-state index contributed by atoms with van der Waals surface area (Å²) in [6, 6.07) is 8.47. The van der Waals surface area contributed by atoms with E-state index < -0.39 is 0 Å². The van der Waals surface area contributed by atoms with E-state index in [9.17, 15) is 0 Å². The van der Waals surface area contributed by atoms with Crippen LogP contribution in [0.4, 0.5) is 0 Å². The van der Waals surface area contributed by atoms with E-state index in [-0.39, 0.29) is 0 Å². The Morgan fingerprint density at radius 3 is 2.50 bits per heavy atom. The van der Waals surface area contributed by atoms with Crippen LogP contribution in [0.15, 0.2) is 30.8 Å². The van der Waals surface area contributed by atoms with E-state index >= 15 is 0 Å². The molecule has 0 saturated heterocycles. The van der Waals surface area contributed by atoms with Crippen LogP contribution in [0.1, 0.15) is 18.1 Å². The summed E-state index contributed by atoms with van der Waals surface area (Å²) in [7, 11) is 4.50. The number of benzene rings is 1. The molecule has 0 aliphatic heterocycles. The molecule has 1 heteroatoms. The van der Waals surface area contributed by atoms with Gasteiger partial charge in [0.15, 0.2) is 0 Å². The highest BCUT2D eigenvalue weighted by molar-refractivity contribution is 5.51. The summed E-state index contributed by atoms with van der Waals surface area (Å²) in [6.07, 6.45) is 1.94. The van der Waals surface area contributed by atoms with Gasteiger partial charge in [-0.15, -0.1) is 0 Å².